The Bertz CT molecular complexity index is 1080. The minimum Gasteiger partial charge on any atom is -0.491 e. The Morgan fingerprint density at radius 3 is 2.73 bits per heavy atom. The van der Waals surface area contributed by atoms with Crippen molar-refractivity contribution < 1.29 is 23.6 Å². The summed E-state index contributed by atoms with van der Waals surface area (Å²) in [6, 6.07) is 4.63. The van der Waals surface area contributed by atoms with E-state index in [1.165, 1.54) is 0 Å². The van der Waals surface area contributed by atoms with Crippen molar-refractivity contribution in [2.75, 3.05) is 26.2 Å². The Balaban J connectivity index is 1.75. The molecule has 9 nitrogen and oxygen atoms in total. The lowest BCUT2D eigenvalue weighted by atomic mass is 10.0. The predicted octanol–water partition coefficient (Wildman–Crippen LogP) is 3.84. The van der Waals surface area contributed by atoms with E-state index < -0.39 is 0 Å². The zero-order chi connectivity index (χ0) is 26.9. The zero-order valence-electron chi connectivity index (χ0n) is 22.1. The van der Waals surface area contributed by atoms with Gasteiger partial charge in [-0.15, -0.1) is 0 Å². The van der Waals surface area contributed by atoms with Crippen LogP contribution in [0.5, 0.6) is 5.75 Å². The first-order valence-electron chi connectivity index (χ1n) is 12.8. The summed E-state index contributed by atoms with van der Waals surface area (Å²) in [6.45, 7) is 8.80. The van der Waals surface area contributed by atoms with E-state index >= 15 is 0 Å². The molecule has 0 radical (unpaired) electrons. The Labute approximate surface area is 223 Å². The van der Waals surface area contributed by atoms with Crippen LogP contribution < -0.4 is 15.4 Å². The first-order chi connectivity index (χ1) is 17.6. The summed E-state index contributed by atoms with van der Waals surface area (Å²) in [4.78, 5) is 40.6. The normalized spacial score (nSPS) is 17.8. The predicted molar refractivity (Wildman–Crippen MR) is 141 cm³/mol. The number of fused-ring (bicyclic) bond motifs is 1. The Kier molecular flexibility index (Phi) is 10.4. The van der Waals surface area contributed by atoms with Crippen molar-refractivity contribution in [3.8, 4) is 5.75 Å². The summed E-state index contributed by atoms with van der Waals surface area (Å²) in [7, 11) is 0. The van der Waals surface area contributed by atoms with Gasteiger partial charge in [-0.05, 0) is 63.6 Å². The summed E-state index contributed by atoms with van der Waals surface area (Å²) < 4.78 is 11.2. The molecule has 0 saturated carbocycles. The van der Waals surface area contributed by atoms with Crippen LogP contribution in [0.4, 0.5) is 0 Å². The van der Waals surface area contributed by atoms with Crippen molar-refractivity contribution in [1.29, 1.82) is 0 Å². The summed E-state index contributed by atoms with van der Waals surface area (Å²) in [5, 5.41) is 10.3. The third-order valence-electron chi connectivity index (χ3n) is 6.34. The minimum atomic E-state index is -0.288. The average Bonchev–Trinajstić information content (AvgIpc) is 3.16. The fourth-order valence-electron chi connectivity index (χ4n) is 4.45. The number of nitrogens with zero attached hydrogens (tertiary/aromatic N) is 2. The number of carbonyl (C=O) groups excluding carboxylic acids is 3. The van der Waals surface area contributed by atoms with Gasteiger partial charge in [-0.25, -0.2) is 0 Å². The van der Waals surface area contributed by atoms with Crippen LogP contribution in [0.15, 0.2) is 22.7 Å². The lowest BCUT2D eigenvalue weighted by Crippen LogP contribution is -2.46. The van der Waals surface area contributed by atoms with E-state index in [0.29, 0.717) is 66.8 Å². The molecule has 0 spiro atoms. The molecule has 1 aliphatic heterocycles. The molecule has 0 fully saturated rings. The summed E-state index contributed by atoms with van der Waals surface area (Å²) in [5.74, 6) is 0.800. The van der Waals surface area contributed by atoms with E-state index in [9.17, 15) is 14.4 Å². The highest BCUT2D eigenvalue weighted by atomic mass is 35.5. The molecule has 0 saturated heterocycles. The van der Waals surface area contributed by atoms with Gasteiger partial charge in [0.15, 0.2) is 0 Å². The number of rotatable bonds is 5. The number of benzene rings is 1. The molecule has 3 rings (SSSR count). The highest BCUT2D eigenvalue weighted by molar-refractivity contribution is 6.31. The van der Waals surface area contributed by atoms with Crippen molar-refractivity contribution >= 4 is 29.3 Å². The Morgan fingerprint density at radius 2 is 2.03 bits per heavy atom. The van der Waals surface area contributed by atoms with Gasteiger partial charge >= 0.3 is 0 Å². The van der Waals surface area contributed by atoms with Crippen LogP contribution in [0.25, 0.3) is 0 Å². The van der Waals surface area contributed by atoms with Crippen LogP contribution in [-0.4, -0.2) is 60.1 Å². The van der Waals surface area contributed by atoms with Crippen molar-refractivity contribution in [2.24, 2.45) is 5.92 Å². The van der Waals surface area contributed by atoms with Gasteiger partial charge < -0.3 is 24.8 Å². The number of aryl methyl sites for hydroxylation is 2. The molecule has 1 aromatic heterocycles. The molecule has 1 atom stereocenters. The molecule has 0 unspecified atom stereocenters. The first kappa shape index (κ1) is 28.5. The zero-order valence-corrected chi connectivity index (χ0v) is 22.8. The number of aromatic nitrogens is 1. The van der Waals surface area contributed by atoms with Gasteiger partial charge in [-0.3, -0.25) is 14.4 Å². The van der Waals surface area contributed by atoms with Gasteiger partial charge in [0.2, 0.25) is 11.8 Å². The van der Waals surface area contributed by atoms with E-state index in [-0.39, 0.29) is 43.3 Å². The fourth-order valence-corrected chi connectivity index (χ4v) is 4.62. The number of amides is 3. The SMILES string of the molecule is Cc1noc(C)c1CCC(=O)N1CCCCNC(=O)c2cc(Cl)ccc2OC[C@H](CC(C)C)NC(=O)C1. The van der Waals surface area contributed by atoms with E-state index in [0.717, 1.165) is 11.3 Å². The standard InChI is InChI=1S/C27H37ClN4O5/c1-17(2)13-21-16-36-24-9-7-20(28)14-23(24)27(35)29-11-5-6-12-32(15-25(33)30-21)26(34)10-8-22-18(3)31-37-19(22)4/h7,9,14,17,21H,5-6,8,10-13,15-16H2,1-4H3,(H,29,35)(H,30,33)/t21-/m0/s1. The topological polar surface area (TPSA) is 114 Å². The molecule has 10 heteroatoms. The maximum atomic E-state index is 13.1. The van der Waals surface area contributed by atoms with Crippen LogP contribution in [0.2, 0.25) is 5.02 Å². The van der Waals surface area contributed by atoms with Crippen LogP contribution in [-0.2, 0) is 16.0 Å². The molecular formula is C27H37ClN4O5. The molecular weight excluding hydrogens is 496 g/mol. The Morgan fingerprint density at radius 1 is 1.24 bits per heavy atom. The molecule has 2 N–H and O–H groups in total. The molecule has 2 aromatic rings. The Hall–Kier alpha value is -3.07. The number of carbonyl (C=O) groups is 3. The number of hydrogen-bond acceptors (Lipinski definition) is 6. The molecule has 0 aliphatic carbocycles. The van der Waals surface area contributed by atoms with Gasteiger partial charge in [0.05, 0.1) is 23.8 Å². The average molecular weight is 533 g/mol. The first-order valence-corrected chi connectivity index (χ1v) is 13.2. The van der Waals surface area contributed by atoms with Crippen LogP contribution in [0.1, 0.15) is 66.9 Å². The maximum absolute atomic E-state index is 13.1. The number of ether oxygens (including phenoxy) is 1. The van der Waals surface area contributed by atoms with E-state index in [4.69, 9.17) is 20.9 Å². The lowest BCUT2D eigenvalue weighted by molar-refractivity contribution is -0.136. The summed E-state index contributed by atoms with van der Waals surface area (Å²) in [6.07, 6.45) is 2.72. The van der Waals surface area contributed by atoms with Gasteiger partial charge in [0.1, 0.15) is 18.1 Å². The second-order valence-electron chi connectivity index (χ2n) is 9.93. The molecule has 1 aliphatic rings. The fraction of sp³-hybridized carbons (Fsp3) is 0.556. The lowest BCUT2D eigenvalue weighted by Gasteiger charge is -2.25. The van der Waals surface area contributed by atoms with Gasteiger partial charge in [0, 0.05) is 30.1 Å². The largest absolute Gasteiger partial charge is 0.491 e. The molecule has 0 bridgehead atoms. The van der Waals surface area contributed by atoms with Crippen LogP contribution >= 0.6 is 11.6 Å². The van der Waals surface area contributed by atoms with Crippen molar-refractivity contribution in [3.05, 3.63) is 45.8 Å². The molecule has 1 aromatic carbocycles. The third kappa shape index (κ3) is 8.49. The summed E-state index contributed by atoms with van der Waals surface area (Å²) in [5.41, 5.74) is 2.05. The van der Waals surface area contributed by atoms with Gasteiger partial charge in [-0.2, -0.15) is 0 Å². The highest BCUT2D eigenvalue weighted by Gasteiger charge is 2.23. The third-order valence-corrected chi connectivity index (χ3v) is 6.58. The maximum Gasteiger partial charge on any atom is 0.255 e. The van der Waals surface area contributed by atoms with E-state index in [2.05, 4.69) is 29.6 Å². The minimum absolute atomic E-state index is 0.0341. The van der Waals surface area contributed by atoms with Gasteiger partial charge in [-0.1, -0.05) is 30.6 Å². The van der Waals surface area contributed by atoms with Crippen molar-refractivity contribution in [3.63, 3.8) is 0 Å². The van der Waals surface area contributed by atoms with Crippen molar-refractivity contribution in [1.82, 2.24) is 20.7 Å². The quantitative estimate of drug-likeness (QED) is 0.605. The van der Waals surface area contributed by atoms with Crippen LogP contribution in [0.3, 0.4) is 0 Å². The number of hydrogen-bond donors (Lipinski definition) is 2. The van der Waals surface area contributed by atoms with Crippen molar-refractivity contribution in [2.45, 2.75) is 65.8 Å². The summed E-state index contributed by atoms with van der Waals surface area (Å²) >= 11 is 6.14. The number of nitrogens with one attached hydrogen (secondary N) is 2. The molecule has 2 heterocycles. The van der Waals surface area contributed by atoms with E-state index in [1.54, 1.807) is 23.1 Å². The van der Waals surface area contributed by atoms with E-state index in [1.807, 2.05) is 13.8 Å². The number of halogens is 1. The van der Waals surface area contributed by atoms with Gasteiger partial charge in [0.25, 0.3) is 5.91 Å². The second-order valence-corrected chi connectivity index (χ2v) is 10.4. The van der Waals surface area contributed by atoms with Crippen LogP contribution in [0, 0.1) is 19.8 Å². The molecule has 202 valence electrons. The monoisotopic (exact) mass is 532 g/mol. The molecule has 37 heavy (non-hydrogen) atoms. The molecule has 3 amide bonds. The highest BCUT2D eigenvalue weighted by Crippen LogP contribution is 2.24. The second kappa shape index (κ2) is 13.5. The smallest absolute Gasteiger partial charge is 0.255 e.